The highest BCUT2D eigenvalue weighted by molar-refractivity contribution is 9.10. The number of anilines is 1. The Labute approximate surface area is 163 Å². The van der Waals surface area contributed by atoms with E-state index in [4.69, 9.17) is 9.15 Å². The van der Waals surface area contributed by atoms with Crippen molar-refractivity contribution in [3.05, 3.63) is 64.5 Å². The van der Waals surface area contributed by atoms with Crippen LogP contribution < -0.4 is 4.72 Å². The predicted octanol–water partition coefficient (Wildman–Crippen LogP) is 3.23. The highest BCUT2D eigenvalue weighted by Crippen LogP contribution is 2.21. The minimum atomic E-state index is -3.44. The molecule has 1 heterocycles. The summed E-state index contributed by atoms with van der Waals surface area (Å²) in [5, 5.41) is 7.77. The molecule has 8 nitrogen and oxygen atoms in total. The third-order valence-corrected chi connectivity index (χ3v) is 4.42. The van der Waals surface area contributed by atoms with E-state index in [-0.39, 0.29) is 23.7 Å². The van der Waals surface area contributed by atoms with E-state index in [1.54, 1.807) is 6.07 Å². The molecule has 3 aromatic rings. The van der Waals surface area contributed by atoms with Gasteiger partial charge in [-0.3, -0.25) is 4.72 Å². The van der Waals surface area contributed by atoms with Crippen LogP contribution in [0.25, 0.3) is 11.5 Å². The molecular weight excluding hydrogens is 438 g/mol. The molecule has 3 rings (SSSR count). The van der Waals surface area contributed by atoms with Gasteiger partial charge in [-0.05, 0) is 42.5 Å². The van der Waals surface area contributed by atoms with Crippen LogP contribution in [-0.2, 0) is 21.4 Å². The van der Waals surface area contributed by atoms with Crippen molar-refractivity contribution in [2.24, 2.45) is 0 Å². The number of ether oxygens (including phenoxy) is 1. The van der Waals surface area contributed by atoms with E-state index in [0.29, 0.717) is 5.89 Å². The fraction of sp³-hybridized carbons (Fsp3) is 0.118. The van der Waals surface area contributed by atoms with Crippen LogP contribution in [-0.4, -0.2) is 30.8 Å². The van der Waals surface area contributed by atoms with Gasteiger partial charge in [0.25, 0.3) is 5.89 Å². The molecule has 0 atom stereocenters. The van der Waals surface area contributed by atoms with E-state index in [1.165, 1.54) is 18.2 Å². The zero-order valence-electron chi connectivity index (χ0n) is 14.0. The van der Waals surface area contributed by atoms with E-state index in [9.17, 15) is 13.2 Å². The van der Waals surface area contributed by atoms with Crippen molar-refractivity contribution in [3.63, 3.8) is 0 Å². The van der Waals surface area contributed by atoms with Gasteiger partial charge in [-0.1, -0.05) is 22.0 Å². The lowest BCUT2D eigenvalue weighted by atomic mass is 10.2. The molecule has 140 valence electrons. The number of hydrogen-bond acceptors (Lipinski definition) is 7. The van der Waals surface area contributed by atoms with Crippen molar-refractivity contribution in [1.82, 2.24) is 10.2 Å². The van der Waals surface area contributed by atoms with Gasteiger partial charge in [0, 0.05) is 15.7 Å². The maximum Gasteiger partial charge on any atom is 0.338 e. The van der Waals surface area contributed by atoms with Crippen molar-refractivity contribution >= 4 is 37.6 Å². The van der Waals surface area contributed by atoms with Gasteiger partial charge >= 0.3 is 5.97 Å². The van der Waals surface area contributed by atoms with Gasteiger partial charge in [-0.25, -0.2) is 13.2 Å². The van der Waals surface area contributed by atoms with Crippen LogP contribution >= 0.6 is 15.9 Å². The summed E-state index contributed by atoms with van der Waals surface area (Å²) in [6.45, 7) is -0.202. The highest BCUT2D eigenvalue weighted by atomic mass is 79.9. The average molecular weight is 452 g/mol. The second-order valence-corrected chi connectivity index (χ2v) is 8.20. The van der Waals surface area contributed by atoms with Crippen LogP contribution in [0.1, 0.15) is 16.2 Å². The maximum absolute atomic E-state index is 12.2. The van der Waals surface area contributed by atoms with E-state index >= 15 is 0 Å². The van der Waals surface area contributed by atoms with Crippen LogP contribution in [0.5, 0.6) is 0 Å². The molecule has 0 aliphatic heterocycles. The molecule has 10 heteroatoms. The SMILES string of the molecule is CS(=O)(=O)Nc1cccc(C(=O)OCc2nnc(-c3ccc(Br)cc3)o2)c1. The van der Waals surface area contributed by atoms with E-state index < -0.39 is 16.0 Å². The van der Waals surface area contributed by atoms with Crippen LogP contribution in [0.15, 0.2) is 57.4 Å². The first kappa shape index (κ1) is 19.1. The van der Waals surface area contributed by atoms with Gasteiger partial charge in [0.2, 0.25) is 15.9 Å². The molecule has 1 N–H and O–H groups in total. The Morgan fingerprint density at radius 3 is 2.63 bits per heavy atom. The van der Waals surface area contributed by atoms with Gasteiger partial charge in [-0.2, -0.15) is 0 Å². The number of halogens is 1. The first-order valence-electron chi connectivity index (χ1n) is 7.63. The van der Waals surface area contributed by atoms with Gasteiger partial charge in [0.15, 0.2) is 6.61 Å². The molecule has 0 fully saturated rings. The van der Waals surface area contributed by atoms with Gasteiger partial charge in [0.1, 0.15) is 0 Å². The molecular formula is C17H14BrN3O5S. The fourth-order valence-electron chi connectivity index (χ4n) is 2.16. The molecule has 0 unspecified atom stereocenters. The summed E-state index contributed by atoms with van der Waals surface area (Å²) >= 11 is 3.35. The van der Waals surface area contributed by atoms with Gasteiger partial charge in [-0.15, -0.1) is 10.2 Å². The van der Waals surface area contributed by atoms with Crippen LogP contribution in [0, 0.1) is 0 Å². The molecule has 0 amide bonds. The Morgan fingerprint density at radius 2 is 1.93 bits per heavy atom. The number of benzene rings is 2. The zero-order valence-corrected chi connectivity index (χ0v) is 16.5. The third kappa shape index (κ3) is 5.38. The summed E-state index contributed by atoms with van der Waals surface area (Å²) in [5.41, 5.74) is 1.20. The lowest BCUT2D eigenvalue weighted by molar-refractivity contribution is 0.0438. The first-order chi connectivity index (χ1) is 12.8. The molecule has 2 aromatic carbocycles. The van der Waals surface area contributed by atoms with Crippen molar-refractivity contribution in [1.29, 1.82) is 0 Å². The number of rotatable bonds is 6. The quantitative estimate of drug-likeness (QED) is 0.572. The highest BCUT2D eigenvalue weighted by Gasteiger charge is 2.13. The summed E-state index contributed by atoms with van der Waals surface area (Å²) in [6, 6.07) is 13.3. The Hall–Kier alpha value is -2.72. The van der Waals surface area contributed by atoms with E-state index in [0.717, 1.165) is 16.3 Å². The summed E-state index contributed by atoms with van der Waals surface area (Å²) < 4.78 is 36.4. The number of carbonyl (C=O) groups excluding carboxylic acids is 1. The largest absolute Gasteiger partial charge is 0.452 e. The zero-order chi connectivity index (χ0) is 19.4. The number of nitrogens with one attached hydrogen (secondary N) is 1. The number of sulfonamides is 1. The predicted molar refractivity (Wildman–Crippen MR) is 101 cm³/mol. The van der Waals surface area contributed by atoms with Gasteiger partial charge in [0.05, 0.1) is 11.8 Å². The second kappa shape index (κ2) is 7.89. The topological polar surface area (TPSA) is 111 Å². The van der Waals surface area contributed by atoms with Crippen molar-refractivity contribution in [2.45, 2.75) is 6.61 Å². The number of hydrogen-bond donors (Lipinski definition) is 1. The Morgan fingerprint density at radius 1 is 1.19 bits per heavy atom. The Kier molecular flexibility index (Phi) is 5.57. The lowest BCUT2D eigenvalue weighted by Gasteiger charge is -2.06. The average Bonchev–Trinajstić information content (AvgIpc) is 3.08. The van der Waals surface area contributed by atoms with E-state index in [1.807, 2.05) is 24.3 Å². The summed E-state index contributed by atoms with van der Waals surface area (Å²) in [5.74, 6) is -0.185. The molecule has 0 radical (unpaired) electrons. The van der Waals surface area contributed by atoms with Crippen LogP contribution in [0.4, 0.5) is 5.69 Å². The molecule has 27 heavy (non-hydrogen) atoms. The minimum absolute atomic E-state index is 0.145. The summed E-state index contributed by atoms with van der Waals surface area (Å²) in [7, 11) is -3.44. The van der Waals surface area contributed by atoms with Crippen LogP contribution in [0.2, 0.25) is 0 Å². The van der Waals surface area contributed by atoms with Crippen molar-refractivity contribution in [2.75, 3.05) is 11.0 Å². The van der Waals surface area contributed by atoms with Crippen molar-refractivity contribution in [3.8, 4) is 11.5 Å². The standard InChI is InChI=1S/C17H14BrN3O5S/c1-27(23,24)21-14-4-2-3-12(9-14)17(22)25-10-15-19-20-16(26-15)11-5-7-13(18)8-6-11/h2-9,21H,10H2,1H3. The van der Waals surface area contributed by atoms with Gasteiger partial charge < -0.3 is 9.15 Å². The maximum atomic E-state index is 12.2. The molecule has 0 spiro atoms. The number of carbonyl (C=O) groups is 1. The monoisotopic (exact) mass is 451 g/mol. The molecule has 1 aromatic heterocycles. The van der Waals surface area contributed by atoms with E-state index in [2.05, 4.69) is 30.8 Å². The number of aromatic nitrogens is 2. The third-order valence-electron chi connectivity index (χ3n) is 3.29. The molecule has 0 saturated carbocycles. The van der Waals surface area contributed by atoms with Crippen LogP contribution in [0.3, 0.4) is 0 Å². The Bertz CT molecular complexity index is 1060. The number of nitrogens with zero attached hydrogens (tertiary/aromatic N) is 2. The lowest BCUT2D eigenvalue weighted by Crippen LogP contribution is -2.11. The molecule has 0 aliphatic carbocycles. The molecule has 0 aliphatic rings. The number of esters is 1. The Balaban J connectivity index is 1.64. The fourth-order valence-corrected chi connectivity index (χ4v) is 2.97. The molecule has 0 saturated heterocycles. The van der Waals surface area contributed by atoms with Crippen molar-refractivity contribution < 1.29 is 22.4 Å². The minimum Gasteiger partial charge on any atom is -0.452 e. The molecule has 0 bridgehead atoms. The normalized spacial score (nSPS) is 11.2. The summed E-state index contributed by atoms with van der Waals surface area (Å²) in [4.78, 5) is 12.2. The smallest absolute Gasteiger partial charge is 0.338 e. The second-order valence-electron chi connectivity index (χ2n) is 5.54. The summed E-state index contributed by atoms with van der Waals surface area (Å²) in [6.07, 6.45) is 1.02. The first-order valence-corrected chi connectivity index (χ1v) is 10.3.